The molecule has 0 saturated heterocycles. The molecular formula is C26H31F2N3O6. The number of nitrogens with zero attached hydrogens (tertiary/aromatic N) is 3. The van der Waals surface area contributed by atoms with Gasteiger partial charge in [-0.15, -0.1) is 9.49 Å². The number of esters is 1. The van der Waals surface area contributed by atoms with Crippen molar-refractivity contribution < 1.29 is 32.7 Å². The van der Waals surface area contributed by atoms with E-state index < -0.39 is 47.1 Å². The molecule has 4 aliphatic rings. The third-order valence-electron chi connectivity index (χ3n) is 10.00. The van der Waals surface area contributed by atoms with Gasteiger partial charge in [-0.2, -0.15) is 4.91 Å². The molecule has 0 spiro atoms. The predicted molar refractivity (Wildman–Crippen MR) is 126 cm³/mol. The average Bonchev–Trinajstić information content (AvgIpc) is 3.36. The van der Waals surface area contributed by atoms with Crippen LogP contribution in [0.15, 0.2) is 16.9 Å². The third kappa shape index (κ3) is 3.59. The minimum absolute atomic E-state index is 0.0570. The first-order chi connectivity index (χ1) is 17.5. The highest BCUT2D eigenvalue weighted by atomic mass is 19.2. The van der Waals surface area contributed by atoms with Gasteiger partial charge in [0.1, 0.15) is 5.69 Å². The lowest BCUT2D eigenvalue weighted by Gasteiger charge is -2.60. The molecule has 0 radical (unpaired) electrons. The number of halogens is 2. The van der Waals surface area contributed by atoms with Crippen molar-refractivity contribution in [3.05, 3.63) is 27.9 Å². The summed E-state index contributed by atoms with van der Waals surface area (Å²) in [6.45, 7) is 4.78. The van der Waals surface area contributed by atoms with E-state index in [1.807, 2.05) is 6.08 Å². The standard InChI is InChI=1S/C26H31F2N3O6/c1-4-21(33)36-13-20(32)26(37-23(27)34)8-7-17-16-6-5-15-9-19-14(12-29-31(19)28)10-24(15,2)22(16)18(30-35)11-25(17,26)3/h9,12,16-18,22H,4-8,10-11,13H2,1-3H3/t16?,17?,18?,22?,24?,25?,26-/m0/s1. The Hall–Kier alpha value is -2.98. The fourth-order valence-electron chi connectivity index (χ4n) is 8.43. The summed E-state index contributed by atoms with van der Waals surface area (Å²) in [5, 5.41) is 7.28. The summed E-state index contributed by atoms with van der Waals surface area (Å²) in [4.78, 5) is 49.6. The molecule has 0 bridgehead atoms. The smallest absolute Gasteiger partial charge is 0.457 e. The molecule has 0 aliphatic heterocycles. The summed E-state index contributed by atoms with van der Waals surface area (Å²) in [6, 6.07) is -0.747. The lowest BCUT2D eigenvalue weighted by Crippen LogP contribution is -2.63. The molecule has 3 saturated carbocycles. The summed E-state index contributed by atoms with van der Waals surface area (Å²) in [5.41, 5.74) is -1.19. The molecule has 9 nitrogen and oxygen atoms in total. The summed E-state index contributed by atoms with van der Waals surface area (Å²) < 4.78 is 38.3. The van der Waals surface area contributed by atoms with Crippen molar-refractivity contribution in [2.24, 2.45) is 33.8 Å². The second kappa shape index (κ2) is 8.80. The van der Waals surface area contributed by atoms with Gasteiger partial charge in [0.05, 0.1) is 12.2 Å². The summed E-state index contributed by atoms with van der Waals surface area (Å²) in [7, 11) is 0. The first kappa shape index (κ1) is 25.7. The first-order valence-electron chi connectivity index (χ1n) is 12.8. The van der Waals surface area contributed by atoms with E-state index in [-0.39, 0.29) is 37.0 Å². The SMILES string of the molecule is CCC(=O)OCC(=O)[C@@]1(OC(=O)F)CCC2C3CCC4=Cc5c(cnn5F)CC4(C)C3C(N=O)CC21C. The molecular weight excluding hydrogens is 488 g/mol. The van der Waals surface area contributed by atoms with Crippen LogP contribution in [0.3, 0.4) is 0 Å². The Balaban J connectivity index is 1.53. The van der Waals surface area contributed by atoms with Gasteiger partial charge in [-0.1, -0.05) is 40.9 Å². The van der Waals surface area contributed by atoms with Crippen LogP contribution in [-0.4, -0.2) is 46.2 Å². The number of nitroso groups, excluding NO2 is 1. The van der Waals surface area contributed by atoms with Crippen molar-refractivity contribution in [2.45, 2.75) is 77.4 Å². The molecule has 4 aliphatic carbocycles. The number of carbonyl (C=O) groups excluding carboxylic acids is 3. The molecule has 3 fully saturated rings. The quantitative estimate of drug-likeness (QED) is 0.298. The van der Waals surface area contributed by atoms with Gasteiger partial charge in [-0.05, 0) is 67.8 Å². The van der Waals surface area contributed by atoms with Crippen LogP contribution in [0.2, 0.25) is 0 Å². The lowest BCUT2D eigenvalue weighted by molar-refractivity contribution is -0.172. The molecule has 1 aromatic heterocycles. The van der Waals surface area contributed by atoms with Gasteiger partial charge in [0.25, 0.3) is 0 Å². The Morgan fingerprint density at radius 1 is 1.27 bits per heavy atom. The minimum atomic E-state index is -2.08. The monoisotopic (exact) mass is 519 g/mol. The van der Waals surface area contributed by atoms with Gasteiger partial charge in [0, 0.05) is 17.4 Å². The van der Waals surface area contributed by atoms with Crippen molar-refractivity contribution in [1.29, 1.82) is 0 Å². The number of ether oxygens (including phenoxy) is 2. The van der Waals surface area contributed by atoms with Gasteiger partial charge >= 0.3 is 12.2 Å². The van der Waals surface area contributed by atoms with Gasteiger partial charge < -0.3 is 9.47 Å². The van der Waals surface area contributed by atoms with Crippen LogP contribution >= 0.6 is 0 Å². The zero-order chi connectivity index (χ0) is 26.8. The Bertz CT molecular complexity index is 1200. The fraction of sp³-hybridized carbons (Fsp3) is 0.692. The number of hydrogen-bond acceptors (Lipinski definition) is 8. The van der Waals surface area contributed by atoms with Crippen LogP contribution in [0.1, 0.15) is 70.6 Å². The molecule has 0 amide bonds. The normalized spacial score (nSPS) is 37.8. The topological polar surface area (TPSA) is 117 Å². The highest BCUT2D eigenvalue weighted by Crippen LogP contribution is 2.69. The summed E-state index contributed by atoms with van der Waals surface area (Å²) in [6.07, 6.45) is 3.81. The van der Waals surface area contributed by atoms with Crippen molar-refractivity contribution >= 4 is 24.1 Å². The second-order valence-corrected chi connectivity index (χ2v) is 11.5. The Morgan fingerprint density at radius 2 is 2.03 bits per heavy atom. The van der Waals surface area contributed by atoms with E-state index >= 15 is 0 Å². The average molecular weight is 520 g/mol. The van der Waals surface area contributed by atoms with Crippen LogP contribution < -0.4 is 0 Å². The maximum absolute atomic E-state index is 14.2. The van der Waals surface area contributed by atoms with E-state index in [4.69, 9.17) is 9.47 Å². The van der Waals surface area contributed by atoms with Crippen LogP contribution in [-0.2, 0) is 25.5 Å². The van der Waals surface area contributed by atoms with Crippen LogP contribution in [0.4, 0.5) is 13.7 Å². The summed E-state index contributed by atoms with van der Waals surface area (Å²) in [5.74, 6) is -1.70. The van der Waals surface area contributed by atoms with Crippen molar-refractivity contribution in [3.63, 3.8) is 0 Å². The van der Waals surface area contributed by atoms with Crippen LogP contribution in [0.5, 0.6) is 0 Å². The molecule has 1 aromatic rings. The van der Waals surface area contributed by atoms with Gasteiger partial charge in [-0.3, -0.25) is 9.59 Å². The molecule has 0 N–H and O–H groups in total. The van der Waals surface area contributed by atoms with E-state index in [0.29, 0.717) is 36.3 Å². The molecule has 0 aromatic carbocycles. The van der Waals surface area contributed by atoms with E-state index in [2.05, 4.69) is 17.2 Å². The Labute approximate surface area is 212 Å². The summed E-state index contributed by atoms with van der Waals surface area (Å²) >= 11 is 0. The number of allylic oxidation sites excluding steroid dienone is 1. The molecule has 5 rings (SSSR count). The Kier molecular flexibility index (Phi) is 6.10. The number of aromatic nitrogens is 2. The number of hydrogen-bond donors (Lipinski definition) is 0. The van der Waals surface area contributed by atoms with Crippen LogP contribution in [0.25, 0.3) is 6.08 Å². The molecule has 200 valence electrons. The van der Waals surface area contributed by atoms with E-state index in [9.17, 15) is 28.2 Å². The molecule has 7 atom stereocenters. The maximum Gasteiger partial charge on any atom is 0.496 e. The Morgan fingerprint density at radius 3 is 2.70 bits per heavy atom. The number of carbonyl (C=O) groups is 3. The van der Waals surface area contributed by atoms with E-state index in [1.54, 1.807) is 13.8 Å². The minimum Gasteiger partial charge on any atom is -0.457 e. The lowest BCUT2D eigenvalue weighted by atomic mass is 9.45. The maximum atomic E-state index is 14.2. The largest absolute Gasteiger partial charge is 0.496 e. The molecule has 11 heteroatoms. The number of ketones is 1. The van der Waals surface area contributed by atoms with Crippen molar-refractivity contribution in [3.8, 4) is 0 Å². The molecule has 37 heavy (non-hydrogen) atoms. The number of rotatable bonds is 6. The van der Waals surface area contributed by atoms with Crippen LogP contribution in [0, 0.1) is 33.5 Å². The van der Waals surface area contributed by atoms with Crippen molar-refractivity contribution in [1.82, 2.24) is 10.0 Å². The fourth-order valence-corrected chi connectivity index (χ4v) is 8.43. The van der Waals surface area contributed by atoms with Crippen molar-refractivity contribution in [2.75, 3.05) is 6.61 Å². The number of Topliss-reactive ketones (excluding diaryl/α,β-unsaturated/α-hetero) is 1. The highest BCUT2D eigenvalue weighted by Gasteiger charge is 2.71. The third-order valence-corrected chi connectivity index (χ3v) is 10.00. The van der Waals surface area contributed by atoms with E-state index in [0.717, 1.165) is 11.1 Å². The second-order valence-electron chi connectivity index (χ2n) is 11.5. The van der Waals surface area contributed by atoms with Gasteiger partial charge in [0.15, 0.2) is 12.2 Å². The van der Waals surface area contributed by atoms with E-state index in [1.165, 1.54) is 6.20 Å². The molecule has 6 unspecified atom stereocenters. The first-order valence-corrected chi connectivity index (χ1v) is 12.8. The van der Waals surface area contributed by atoms with Gasteiger partial charge in [0.2, 0.25) is 5.78 Å². The number of fused-ring (bicyclic) bond motifs is 6. The van der Waals surface area contributed by atoms with Gasteiger partial charge in [-0.25, -0.2) is 4.79 Å². The zero-order valence-electron chi connectivity index (χ0n) is 21.2. The molecule has 1 heterocycles. The predicted octanol–water partition coefficient (Wildman–Crippen LogP) is 4.91. The zero-order valence-corrected chi connectivity index (χ0v) is 21.2. The highest BCUT2D eigenvalue weighted by molar-refractivity contribution is 5.92.